The minimum absolute atomic E-state index is 0.0377. The maximum absolute atomic E-state index is 12.5. The van der Waals surface area contributed by atoms with Gasteiger partial charge in [0.2, 0.25) is 11.0 Å². The average Bonchev–Trinajstić information content (AvgIpc) is 3.39. The van der Waals surface area contributed by atoms with Crippen molar-refractivity contribution in [2.24, 2.45) is 0 Å². The molecule has 0 spiro atoms. The van der Waals surface area contributed by atoms with E-state index >= 15 is 0 Å². The number of aromatic nitrogens is 3. The Bertz CT molecular complexity index is 1220. The Labute approximate surface area is 194 Å². The maximum atomic E-state index is 12.5. The summed E-state index contributed by atoms with van der Waals surface area (Å²) >= 11 is 3.24. The van der Waals surface area contributed by atoms with Gasteiger partial charge in [0.1, 0.15) is 17.3 Å². The van der Waals surface area contributed by atoms with E-state index in [0.29, 0.717) is 17.4 Å². The lowest BCUT2D eigenvalue weighted by Gasteiger charge is -2.07. The number of amides is 1. The van der Waals surface area contributed by atoms with Crippen LogP contribution in [0.1, 0.15) is 18.5 Å². The molecule has 1 amide bonds. The van der Waals surface area contributed by atoms with E-state index in [1.807, 2.05) is 55.5 Å². The largest absolute Gasteiger partial charge is 0.497 e. The van der Waals surface area contributed by atoms with Crippen LogP contribution < -0.4 is 14.8 Å². The summed E-state index contributed by atoms with van der Waals surface area (Å²) in [5.74, 6) is 3.04. The molecule has 0 atom stereocenters. The number of ether oxygens (including phenoxy) is 2. The van der Waals surface area contributed by atoms with E-state index in [4.69, 9.17) is 9.47 Å². The maximum Gasteiger partial charge on any atom is 0.225 e. The molecule has 2 aromatic carbocycles. The summed E-state index contributed by atoms with van der Waals surface area (Å²) in [5, 5.41) is 8.22. The number of nitrogens with zero attached hydrogens (tertiary/aromatic N) is 3. The number of thiazole rings is 1. The first-order valence-corrected chi connectivity index (χ1v) is 11.9. The van der Waals surface area contributed by atoms with Gasteiger partial charge in [-0.1, -0.05) is 11.3 Å². The number of aryl methyl sites for hydroxylation is 1. The van der Waals surface area contributed by atoms with Crippen LogP contribution >= 0.6 is 23.1 Å². The Kier molecular flexibility index (Phi) is 6.96. The molecule has 0 bridgehead atoms. The number of nitrogens with one attached hydrogen (secondary N) is 1. The van der Waals surface area contributed by atoms with Crippen LogP contribution in [-0.4, -0.2) is 40.6 Å². The third kappa shape index (κ3) is 5.23. The van der Waals surface area contributed by atoms with Crippen molar-refractivity contribution in [3.63, 3.8) is 0 Å². The third-order valence-corrected chi connectivity index (χ3v) is 6.85. The van der Waals surface area contributed by atoms with Gasteiger partial charge < -0.3 is 14.8 Å². The minimum atomic E-state index is -0.0377. The summed E-state index contributed by atoms with van der Waals surface area (Å²) in [5.41, 5.74) is 1.65. The van der Waals surface area contributed by atoms with Gasteiger partial charge in [-0.15, -0.1) is 11.8 Å². The molecular weight excluding hydrogens is 444 g/mol. The number of hydrogen-bond acceptors (Lipinski definition) is 7. The fraction of sp³-hybridized carbons (Fsp3) is 0.261. The van der Waals surface area contributed by atoms with Gasteiger partial charge in [-0.2, -0.15) is 9.78 Å². The lowest BCUT2D eigenvalue weighted by atomic mass is 10.3. The Morgan fingerprint density at radius 2 is 1.84 bits per heavy atom. The van der Waals surface area contributed by atoms with Crippen molar-refractivity contribution in [2.45, 2.75) is 24.7 Å². The highest BCUT2D eigenvalue weighted by Crippen LogP contribution is 2.30. The number of carbonyl (C=O) groups excluding carboxylic acids is 1. The fourth-order valence-electron chi connectivity index (χ4n) is 3.15. The number of hydrogen-bond donors (Lipinski definition) is 1. The molecule has 4 aromatic rings. The zero-order valence-corrected chi connectivity index (χ0v) is 19.8. The fourth-order valence-corrected chi connectivity index (χ4v) is 4.91. The number of thioether (sulfide) groups is 1. The topological polar surface area (TPSA) is 78.3 Å². The lowest BCUT2D eigenvalue weighted by molar-refractivity contribution is -0.116. The summed E-state index contributed by atoms with van der Waals surface area (Å²) in [4.78, 5) is 18.4. The molecule has 0 radical (unpaired) electrons. The normalized spacial score (nSPS) is 11.0. The summed E-state index contributed by atoms with van der Waals surface area (Å²) < 4.78 is 13.2. The quantitative estimate of drug-likeness (QED) is 0.265. The van der Waals surface area contributed by atoms with E-state index in [2.05, 4.69) is 15.4 Å². The van der Waals surface area contributed by atoms with Crippen LogP contribution in [0.4, 0.5) is 5.82 Å². The van der Waals surface area contributed by atoms with E-state index in [-0.39, 0.29) is 5.91 Å². The summed E-state index contributed by atoms with van der Waals surface area (Å²) in [6.07, 6.45) is 1.21. The van der Waals surface area contributed by atoms with Gasteiger partial charge in [0.05, 0.1) is 30.1 Å². The Hall–Kier alpha value is -3.04. The Balaban J connectivity index is 1.36. The van der Waals surface area contributed by atoms with Gasteiger partial charge in [0, 0.05) is 23.4 Å². The molecule has 2 aromatic heterocycles. The number of carbonyl (C=O) groups is 1. The first kappa shape index (κ1) is 22.2. The summed E-state index contributed by atoms with van der Waals surface area (Å²) in [7, 11) is 3.29. The lowest BCUT2D eigenvalue weighted by Crippen LogP contribution is -2.14. The molecule has 32 heavy (non-hydrogen) atoms. The SMILES string of the molecule is COc1ccc(SCCCC(=O)Nc2cc(C)nn2-c2nc3cc(OC)ccc3s2)cc1. The second-order valence-electron chi connectivity index (χ2n) is 7.09. The van der Waals surface area contributed by atoms with E-state index in [0.717, 1.165) is 44.5 Å². The van der Waals surface area contributed by atoms with Gasteiger partial charge in [0.25, 0.3) is 0 Å². The predicted molar refractivity (Wildman–Crippen MR) is 130 cm³/mol. The molecular formula is C23H24N4O3S2. The van der Waals surface area contributed by atoms with Crippen molar-refractivity contribution in [1.82, 2.24) is 14.8 Å². The highest BCUT2D eigenvalue weighted by molar-refractivity contribution is 7.99. The third-order valence-electron chi connectivity index (χ3n) is 4.74. The molecule has 2 heterocycles. The molecule has 0 aliphatic heterocycles. The first-order chi connectivity index (χ1) is 15.6. The zero-order chi connectivity index (χ0) is 22.5. The van der Waals surface area contributed by atoms with Crippen molar-refractivity contribution >= 4 is 45.0 Å². The van der Waals surface area contributed by atoms with Gasteiger partial charge in [-0.3, -0.25) is 4.79 Å². The number of anilines is 1. The highest BCUT2D eigenvalue weighted by Gasteiger charge is 2.15. The number of benzene rings is 2. The summed E-state index contributed by atoms with van der Waals surface area (Å²) in [6.45, 7) is 1.90. The van der Waals surface area contributed by atoms with Gasteiger partial charge in [-0.05, 0) is 55.5 Å². The van der Waals surface area contributed by atoms with E-state index in [1.54, 1.807) is 30.7 Å². The second-order valence-corrected chi connectivity index (χ2v) is 9.27. The molecule has 166 valence electrons. The highest BCUT2D eigenvalue weighted by atomic mass is 32.2. The van der Waals surface area contributed by atoms with E-state index < -0.39 is 0 Å². The molecule has 4 rings (SSSR count). The first-order valence-electron chi connectivity index (χ1n) is 10.1. The van der Waals surface area contributed by atoms with Crippen LogP contribution in [0.5, 0.6) is 11.5 Å². The number of rotatable bonds is 9. The van der Waals surface area contributed by atoms with Crippen LogP contribution in [0.3, 0.4) is 0 Å². The van der Waals surface area contributed by atoms with Crippen LogP contribution in [0.2, 0.25) is 0 Å². The Morgan fingerprint density at radius 1 is 1.09 bits per heavy atom. The van der Waals surface area contributed by atoms with E-state index in [9.17, 15) is 4.79 Å². The van der Waals surface area contributed by atoms with Gasteiger partial charge in [0.15, 0.2) is 0 Å². The van der Waals surface area contributed by atoms with Crippen LogP contribution in [0.15, 0.2) is 53.4 Å². The second kappa shape index (κ2) is 10.1. The molecule has 0 aliphatic carbocycles. The van der Waals surface area contributed by atoms with Crippen molar-refractivity contribution in [1.29, 1.82) is 0 Å². The van der Waals surface area contributed by atoms with Gasteiger partial charge in [-0.25, -0.2) is 4.98 Å². The Morgan fingerprint density at radius 3 is 2.59 bits per heavy atom. The minimum Gasteiger partial charge on any atom is -0.497 e. The van der Waals surface area contributed by atoms with Gasteiger partial charge >= 0.3 is 0 Å². The smallest absolute Gasteiger partial charge is 0.225 e. The molecule has 0 unspecified atom stereocenters. The molecule has 9 heteroatoms. The van der Waals surface area contributed by atoms with Crippen molar-refractivity contribution in [3.8, 4) is 16.6 Å². The standard InChI is InChI=1S/C23H24N4O3S2/c1-15-13-21(25-22(28)5-4-12-31-18-9-6-16(29-2)7-10-18)27(26-15)23-24-19-14-17(30-3)8-11-20(19)32-23/h6-11,13-14H,4-5,12H2,1-3H3,(H,25,28). The molecule has 0 saturated heterocycles. The molecule has 0 aliphatic rings. The van der Waals surface area contributed by atoms with Crippen molar-refractivity contribution < 1.29 is 14.3 Å². The molecule has 7 nitrogen and oxygen atoms in total. The van der Waals surface area contributed by atoms with Crippen molar-refractivity contribution in [2.75, 3.05) is 25.3 Å². The van der Waals surface area contributed by atoms with Crippen LogP contribution in [-0.2, 0) is 4.79 Å². The zero-order valence-electron chi connectivity index (χ0n) is 18.1. The van der Waals surface area contributed by atoms with Crippen LogP contribution in [0, 0.1) is 6.92 Å². The van der Waals surface area contributed by atoms with Crippen molar-refractivity contribution in [3.05, 3.63) is 54.2 Å². The molecule has 1 N–H and O–H groups in total. The summed E-state index contributed by atoms with van der Waals surface area (Å²) in [6, 6.07) is 15.6. The predicted octanol–water partition coefficient (Wildman–Crippen LogP) is 5.32. The number of fused-ring (bicyclic) bond motifs is 1. The number of methoxy groups -OCH3 is 2. The van der Waals surface area contributed by atoms with E-state index in [1.165, 1.54) is 11.3 Å². The van der Waals surface area contributed by atoms with Crippen LogP contribution in [0.25, 0.3) is 15.3 Å². The monoisotopic (exact) mass is 468 g/mol. The molecule has 0 saturated carbocycles. The average molecular weight is 469 g/mol. The molecule has 0 fully saturated rings.